The van der Waals surface area contributed by atoms with E-state index in [4.69, 9.17) is 4.74 Å². The summed E-state index contributed by atoms with van der Waals surface area (Å²) in [4.78, 5) is 8.82. The molecular formula is C15H23N3OS. The van der Waals surface area contributed by atoms with Crippen molar-refractivity contribution in [3.05, 3.63) is 23.8 Å². The summed E-state index contributed by atoms with van der Waals surface area (Å²) in [7, 11) is 2.04. The van der Waals surface area contributed by atoms with E-state index in [1.54, 1.807) is 0 Å². The number of nitrogens with one attached hydrogen (secondary N) is 1. The first-order valence-corrected chi connectivity index (χ1v) is 8.56. The van der Waals surface area contributed by atoms with E-state index in [9.17, 15) is 0 Å². The highest BCUT2D eigenvalue weighted by Crippen LogP contribution is 2.43. The minimum atomic E-state index is 0.130. The summed E-state index contributed by atoms with van der Waals surface area (Å²) >= 11 is 2.03. The van der Waals surface area contributed by atoms with Gasteiger partial charge in [0.25, 0.3) is 0 Å². The molecule has 20 heavy (non-hydrogen) atoms. The van der Waals surface area contributed by atoms with E-state index < -0.39 is 0 Å². The van der Waals surface area contributed by atoms with E-state index in [1.807, 2.05) is 38.0 Å². The first-order chi connectivity index (χ1) is 9.72. The fraction of sp³-hybridized carbons (Fsp3) is 0.733. The van der Waals surface area contributed by atoms with Crippen molar-refractivity contribution in [1.82, 2.24) is 15.3 Å². The number of thioether (sulfide) groups is 1. The maximum atomic E-state index is 6.13. The van der Waals surface area contributed by atoms with Crippen LogP contribution in [0.3, 0.4) is 0 Å². The smallest absolute Gasteiger partial charge is 0.125 e. The summed E-state index contributed by atoms with van der Waals surface area (Å²) in [5.41, 5.74) is 1.25. The quantitative estimate of drug-likeness (QED) is 0.927. The minimum Gasteiger partial charge on any atom is -0.374 e. The molecular weight excluding hydrogens is 270 g/mol. The molecule has 0 radical (unpaired) electrons. The number of ether oxygens (including phenoxy) is 1. The van der Waals surface area contributed by atoms with Crippen molar-refractivity contribution >= 4 is 11.8 Å². The lowest BCUT2D eigenvalue weighted by Gasteiger charge is -2.40. The Kier molecular flexibility index (Phi) is 4.29. The van der Waals surface area contributed by atoms with E-state index in [2.05, 4.69) is 15.3 Å². The Labute approximate surface area is 125 Å². The monoisotopic (exact) mass is 293 g/mol. The van der Waals surface area contributed by atoms with Crippen LogP contribution in [-0.2, 0) is 4.74 Å². The summed E-state index contributed by atoms with van der Waals surface area (Å²) in [6.45, 7) is 2.84. The van der Waals surface area contributed by atoms with Gasteiger partial charge in [0, 0.05) is 18.6 Å². The number of nitrogens with zero attached hydrogens (tertiary/aromatic N) is 2. The van der Waals surface area contributed by atoms with Crippen LogP contribution in [0.1, 0.15) is 36.8 Å². The minimum absolute atomic E-state index is 0.130. The fourth-order valence-electron chi connectivity index (χ4n) is 3.49. The Morgan fingerprint density at radius 1 is 1.55 bits per heavy atom. The average Bonchev–Trinajstić information content (AvgIpc) is 2.88. The van der Waals surface area contributed by atoms with Gasteiger partial charge in [0.05, 0.1) is 17.3 Å². The molecule has 0 aliphatic carbocycles. The van der Waals surface area contributed by atoms with Gasteiger partial charge in [0.15, 0.2) is 0 Å². The van der Waals surface area contributed by atoms with Gasteiger partial charge < -0.3 is 10.1 Å². The molecule has 2 aliphatic heterocycles. The normalized spacial score (nSPS) is 31.6. The molecule has 2 fully saturated rings. The molecule has 1 aromatic rings. The topological polar surface area (TPSA) is 47.0 Å². The molecule has 1 aromatic heterocycles. The number of aromatic nitrogens is 2. The van der Waals surface area contributed by atoms with Crippen molar-refractivity contribution in [3.63, 3.8) is 0 Å². The highest BCUT2D eigenvalue weighted by atomic mass is 32.2. The highest BCUT2D eigenvalue weighted by molar-refractivity contribution is 7.99. The van der Waals surface area contributed by atoms with Crippen LogP contribution in [0.4, 0.5) is 0 Å². The molecule has 3 atom stereocenters. The van der Waals surface area contributed by atoms with Crippen LogP contribution >= 0.6 is 11.8 Å². The molecule has 0 amide bonds. The van der Waals surface area contributed by atoms with Gasteiger partial charge in [-0.05, 0) is 51.0 Å². The van der Waals surface area contributed by atoms with Crippen LogP contribution in [-0.4, -0.2) is 40.7 Å². The molecule has 3 heterocycles. The Morgan fingerprint density at radius 3 is 3.15 bits per heavy atom. The van der Waals surface area contributed by atoms with E-state index in [1.165, 1.54) is 12.2 Å². The van der Waals surface area contributed by atoms with Gasteiger partial charge in [-0.3, -0.25) is 0 Å². The third-order valence-corrected chi connectivity index (χ3v) is 5.72. The number of rotatable bonds is 3. The second-order valence-corrected chi connectivity index (χ2v) is 6.99. The van der Waals surface area contributed by atoms with Gasteiger partial charge in [-0.25, -0.2) is 9.97 Å². The molecule has 2 saturated heterocycles. The average molecular weight is 293 g/mol. The zero-order valence-corrected chi connectivity index (χ0v) is 13.1. The third kappa shape index (κ3) is 2.85. The van der Waals surface area contributed by atoms with Crippen LogP contribution < -0.4 is 5.32 Å². The maximum Gasteiger partial charge on any atom is 0.125 e. The van der Waals surface area contributed by atoms with Crippen LogP contribution in [0.15, 0.2) is 12.3 Å². The van der Waals surface area contributed by atoms with Crippen molar-refractivity contribution < 1.29 is 4.74 Å². The summed E-state index contributed by atoms with van der Waals surface area (Å²) in [5, 5.41) is 3.47. The van der Waals surface area contributed by atoms with E-state index >= 15 is 0 Å². The van der Waals surface area contributed by atoms with E-state index in [-0.39, 0.29) is 5.60 Å². The molecule has 5 heteroatoms. The number of hydrogen-bond donors (Lipinski definition) is 1. The Balaban J connectivity index is 1.78. The van der Waals surface area contributed by atoms with Gasteiger partial charge in [-0.15, -0.1) is 0 Å². The predicted octanol–water partition coefficient (Wildman–Crippen LogP) is 2.35. The Hall–Kier alpha value is -0.650. The molecule has 2 aliphatic rings. The van der Waals surface area contributed by atoms with Gasteiger partial charge in [-0.1, -0.05) is 0 Å². The lowest BCUT2D eigenvalue weighted by atomic mass is 9.80. The maximum absolute atomic E-state index is 6.13. The van der Waals surface area contributed by atoms with Crippen LogP contribution in [0.5, 0.6) is 0 Å². The lowest BCUT2D eigenvalue weighted by Crippen LogP contribution is -2.43. The third-order valence-electron chi connectivity index (χ3n) is 4.50. The Morgan fingerprint density at radius 2 is 2.45 bits per heavy atom. The standard InChI is InChI=1S/C15H23N3OS/c1-11-17-6-3-13(18-11)14(16-2)12-4-7-19-15(9-12)5-8-20-10-15/h3,6,12,14,16H,4-5,7-10H2,1-2H3. The summed E-state index contributed by atoms with van der Waals surface area (Å²) < 4.78 is 6.13. The highest BCUT2D eigenvalue weighted by Gasteiger charge is 2.42. The molecule has 3 rings (SSSR count). The zero-order chi connectivity index (χ0) is 14.0. The Bertz CT molecular complexity index is 462. The van der Waals surface area contributed by atoms with Crippen LogP contribution in [0, 0.1) is 12.8 Å². The van der Waals surface area contributed by atoms with Crippen LogP contribution in [0.25, 0.3) is 0 Å². The van der Waals surface area contributed by atoms with Crippen molar-refractivity contribution in [2.24, 2.45) is 5.92 Å². The second-order valence-electron chi connectivity index (χ2n) is 5.88. The van der Waals surface area contributed by atoms with Crippen molar-refractivity contribution in [3.8, 4) is 0 Å². The summed E-state index contributed by atoms with van der Waals surface area (Å²) in [6, 6.07) is 2.35. The van der Waals surface area contributed by atoms with Crippen molar-refractivity contribution in [2.45, 2.75) is 37.8 Å². The summed E-state index contributed by atoms with van der Waals surface area (Å²) in [5.74, 6) is 3.84. The molecule has 3 unspecified atom stereocenters. The van der Waals surface area contributed by atoms with Gasteiger partial charge in [0.2, 0.25) is 0 Å². The van der Waals surface area contributed by atoms with Crippen molar-refractivity contribution in [2.75, 3.05) is 25.2 Å². The van der Waals surface area contributed by atoms with Crippen molar-refractivity contribution in [1.29, 1.82) is 0 Å². The predicted molar refractivity (Wildman–Crippen MR) is 81.9 cm³/mol. The van der Waals surface area contributed by atoms with Gasteiger partial charge >= 0.3 is 0 Å². The molecule has 0 aromatic carbocycles. The van der Waals surface area contributed by atoms with E-state index in [0.29, 0.717) is 12.0 Å². The van der Waals surface area contributed by atoms with E-state index in [0.717, 1.165) is 36.7 Å². The van der Waals surface area contributed by atoms with Gasteiger partial charge in [0.1, 0.15) is 5.82 Å². The fourth-order valence-corrected chi connectivity index (χ4v) is 4.86. The van der Waals surface area contributed by atoms with Crippen LogP contribution in [0.2, 0.25) is 0 Å². The number of hydrogen-bond acceptors (Lipinski definition) is 5. The molecule has 4 nitrogen and oxygen atoms in total. The largest absolute Gasteiger partial charge is 0.374 e. The summed E-state index contributed by atoms with van der Waals surface area (Å²) in [6.07, 6.45) is 5.32. The molecule has 1 N–H and O–H groups in total. The van der Waals surface area contributed by atoms with Gasteiger partial charge in [-0.2, -0.15) is 11.8 Å². The second kappa shape index (κ2) is 6.00. The molecule has 0 bridgehead atoms. The number of aryl methyl sites for hydroxylation is 1. The molecule has 110 valence electrons. The first-order valence-electron chi connectivity index (χ1n) is 7.41. The SMILES string of the molecule is CNC(c1ccnc(C)n1)C1CCOC2(CCSC2)C1. The first kappa shape index (κ1) is 14.3. The molecule has 0 saturated carbocycles. The lowest BCUT2D eigenvalue weighted by molar-refractivity contribution is -0.0852. The zero-order valence-electron chi connectivity index (χ0n) is 12.3. The molecule has 1 spiro atoms.